The van der Waals surface area contributed by atoms with Gasteiger partial charge in [0.25, 0.3) is 0 Å². The molecule has 0 aliphatic carbocycles. The molecule has 1 aromatic heterocycles. The van der Waals surface area contributed by atoms with E-state index in [1.165, 1.54) is 0 Å². The number of aromatic amines is 1. The number of H-pyrrole nitrogens is 1. The third-order valence-corrected chi connectivity index (χ3v) is 4.77. The van der Waals surface area contributed by atoms with Gasteiger partial charge in [-0.1, -0.05) is 23.4 Å². The molecule has 4 nitrogen and oxygen atoms in total. The molecule has 3 aromatic rings. The summed E-state index contributed by atoms with van der Waals surface area (Å²) < 4.78 is 11.2. The van der Waals surface area contributed by atoms with Crippen molar-refractivity contribution in [3.8, 4) is 22.8 Å². The fourth-order valence-electron chi connectivity index (χ4n) is 2.39. The number of nitrogens with zero attached hydrogens (tertiary/aromatic N) is 1. The second kappa shape index (κ2) is 6.18. The Morgan fingerprint density at radius 1 is 1.00 bits per heavy atom. The first-order chi connectivity index (χ1) is 11.3. The monoisotopic (exact) mass is 344 g/mol. The smallest absolute Gasteiger partial charge is 0.162 e. The van der Waals surface area contributed by atoms with E-state index in [1.54, 1.807) is 11.8 Å². The molecule has 1 aliphatic rings. The zero-order valence-corrected chi connectivity index (χ0v) is 13.7. The molecule has 0 unspecified atom stereocenters. The maximum Gasteiger partial charge on any atom is 0.162 e. The fraction of sp³-hybridized carbons (Fsp3) is 0.118. The Balaban J connectivity index is 1.65. The molecule has 116 valence electrons. The number of hydrogen-bond donors (Lipinski definition) is 1. The first-order valence-corrected chi connectivity index (χ1v) is 8.36. The average molecular weight is 345 g/mol. The van der Waals surface area contributed by atoms with Gasteiger partial charge < -0.3 is 9.47 Å². The Labute approximate surface area is 142 Å². The zero-order valence-electron chi connectivity index (χ0n) is 12.1. The quantitative estimate of drug-likeness (QED) is 0.751. The predicted octanol–water partition coefficient (Wildman–Crippen LogP) is 4.65. The van der Waals surface area contributed by atoms with Crippen LogP contribution in [-0.4, -0.2) is 23.4 Å². The van der Waals surface area contributed by atoms with Gasteiger partial charge in [-0.25, -0.2) is 0 Å². The molecule has 0 saturated carbocycles. The molecule has 0 amide bonds. The van der Waals surface area contributed by atoms with Crippen molar-refractivity contribution in [1.29, 1.82) is 0 Å². The van der Waals surface area contributed by atoms with Crippen molar-refractivity contribution in [1.82, 2.24) is 10.2 Å². The summed E-state index contributed by atoms with van der Waals surface area (Å²) in [5.41, 5.74) is 1.98. The van der Waals surface area contributed by atoms with Gasteiger partial charge >= 0.3 is 0 Å². The summed E-state index contributed by atoms with van der Waals surface area (Å²) in [6, 6.07) is 13.7. The number of halogens is 1. The number of hydrogen-bond acceptors (Lipinski definition) is 4. The molecule has 4 rings (SSSR count). The highest BCUT2D eigenvalue weighted by Gasteiger charge is 2.15. The van der Waals surface area contributed by atoms with E-state index in [0.717, 1.165) is 37.6 Å². The van der Waals surface area contributed by atoms with Crippen LogP contribution in [0.1, 0.15) is 0 Å². The molecule has 2 aromatic carbocycles. The van der Waals surface area contributed by atoms with Crippen molar-refractivity contribution in [3.05, 3.63) is 53.7 Å². The molecule has 0 bridgehead atoms. The van der Waals surface area contributed by atoms with Gasteiger partial charge in [0.15, 0.2) is 11.5 Å². The molecule has 0 radical (unpaired) electrons. The van der Waals surface area contributed by atoms with Crippen molar-refractivity contribution < 1.29 is 9.47 Å². The minimum absolute atomic E-state index is 0.575. The molecule has 0 fully saturated rings. The van der Waals surface area contributed by atoms with Crippen LogP contribution in [0.15, 0.2) is 58.5 Å². The summed E-state index contributed by atoms with van der Waals surface area (Å²) in [4.78, 5) is 2.15. The van der Waals surface area contributed by atoms with Crippen LogP contribution in [0.4, 0.5) is 0 Å². The van der Waals surface area contributed by atoms with Crippen molar-refractivity contribution in [2.75, 3.05) is 13.2 Å². The Kier molecular flexibility index (Phi) is 3.89. The summed E-state index contributed by atoms with van der Waals surface area (Å²) in [7, 11) is 0. The Bertz CT molecular complexity index is 833. The van der Waals surface area contributed by atoms with E-state index in [0.29, 0.717) is 13.2 Å². The van der Waals surface area contributed by atoms with Gasteiger partial charge in [0.2, 0.25) is 0 Å². The topological polar surface area (TPSA) is 47.1 Å². The lowest BCUT2D eigenvalue weighted by atomic mass is 10.1. The molecule has 0 spiro atoms. The van der Waals surface area contributed by atoms with Crippen LogP contribution in [0.3, 0.4) is 0 Å². The molecular formula is C17H13ClN2O2S. The average Bonchev–Trinajstić information content (AvgIpc) is 3.05. The Morgan fingerprint density at radius 3 is 2.61 bits per heavy atom. The van der Waals surface area contributed by atoms with E-state index < -0.39 is 0 Å². The van der Waals surface area contributed by atoms with E-state index in [9.17, 15) is 0 Å². The van der Waals surface area contributed by atoms with E-state index in [4.69, 9.17) is 21.1 Å². The molecule has 23 heavy (non-hydrogen) atoms. The summed E-state index contributed by atoms with van der Waals surface area (Å²) in [6.07, 6.45) is 1.82. The fourth-order valence-corrected chi connectivity index (χ4v) is 3.41. The normalized spacial score (nSPS) is 13.1. The highest BCUT2D eigenvalue weighted by molar-refractivity contribution is 7.99. The number of aromatic nitrogens is 2. The number of benzene rings is 2. The molecule has 0 saturated heterocycles. The van der Waals surface area contributed by atoms with Gasteiger partial charge in [-0.15, -0.1) is 0 Å². The standard InChI is InChI=1S/C17H13ClN2O2S/c18-12-2-4-13(5-3-12)23-16-10-19-20-17(16)11-1-6-14-15(9-11)22-8-7-21-14/h1-6,9-10H,7-8H2,(H,19,20). The highest BCUT2D eigenvalue weighted by Crippen LogP contribution is 2.39. The zero-order chi connectivity index (χ0) is 15.6. The molecule has 0 atom stereocenters. The number of nitrogens with one attached hydrogen (secondary N) is 1. The van der Waals surface area contributed by atoms with Crippen LogP contribution in [0, 0.1) is 0 Å². The van der Waals surface area contributed by atoms with Gasteiger partial charge in [-0.2, -0.15) is 5.10 Å². The van der Waals surface area contributed by atoms with E-state index in [2.05, 4.69) is 10.2 Å². The van der Waals surface area contributed by atoms with Crippen LogP contribution in [0.5, 0.6) is 11.5 Å². The SMILES string of the molecule is Clc1ccc(Sc2cn[nH]c2-c2ccc3c(c2)OCCO3)cc1. The van der Waals surface area contributed by atoms with Gasteiger partial charge in [0.1, 0.15) is 13.2 Å². The lowest BCUT2D eigenvalue weighted by Gasteiger charge is -2.18. The lowest BCUT2D eigenvalue weighted by Crippen LogP contribution is -2.15. The molecule has 1 aliphatic heterocycles. The number of ether oxygens (including phenoxy) is 2. The first-order valence-electron chi connectivity index (χ1n) is 7.16. The van der Waals surface area contributed by atoms with E-state index in [-0.39, 0.29) is 0 Å². The maximum absolute atomic E-state index is 5.93. The number of fused-ring (bicyclic) bond motifs is 1. The largest absolute Gasteiger partial charge is 0.486 e. The minimum atomic E-state index is 0.575. The third kappa shape index (κ3) is 3.02. The predicted molar refractivity (Wildman–Crippen MR) is 90.6 cm³/mol. The van der Waals surface area contributed by atoms with Gasteiger partial charge in [-0.3, -0.25) is 5.10 Å². The highest BCUT2D eigenvalue weighted by atomic mass is 35.5. The van der Waals surface area contributed by atoms with E-state index >= 15 is 0 Å². The van der Waals surface area contributed by atoms with Crippen LogP contribution < -0.4 is 9.47 Å². The second-order valence-electron chi connectivity index (χ2n) is 5.02. The van der Waals surface area contributed by atoms with Gasteiger partial charge in [0, 0.05) is 15.5 Å². The molecule has 6 heteroatoms. The third-order valence-electron chi connectivity index (χ3n) is 3.48. The van der Waals surface area contributed by atoms with Crippen LogP contribution in [0.2, 0.25) is 5.02 Å². The van der Waals surface area contributed by atoms with Crippen LogP contribution >= 0.6 is 23.4 Å². The molecule has 1 N–H and O–H groups in total. The summed E-state index contributed by atoms with van der Waals surface area (Å²) in [6.45, 7) is 1.17. The summed E-state index contributed by atoms with van der Waals surface area (Å²) in [5.74, 6) is 1.55. The molecular weight excluding hydrogens is 332 g/mol. The van der Waals surface area contributed by atoms with Crippen LogP contribution in [0.25, 0.3) is 11.3 Å². The van der Waals surface area contributed by atoms with Crippen LogP contribution in [-0.2, 0) is 0 Å². The summed E-state index contributed by atoms with van der Waals surface area (Å²) in [5, 5.41) is 7.98. The second-order valence-corrected chi connectivity index (χ2v) is 6.58. The maximum atomic E-state index is 5.93. The van der Waals surface area contributed by atoms with E-state index in [1.807, 2.05) is 48.7 Å². The number of rotatable bonds is 3. The van der Waals surface area contributed by atoms with Crippen molar-refractivity contribution in [3.63, 3.8) is 0 Å². The van der Waals surface area contributed by atoms with Crippen molar-refractivity contribution in [2.45, 2.75) is 9.79 Å². The van der Waals surface area contributed by atoms with Gasteiger partial charge in [0.05, 0.1) is 16.8 Å². The molecule has 2 heterocycles. The van der Waals surface area contributed by atoms with Gasteiger partial charge in [-0.05, 0) is 42.5 Å². The Hall–Kier alpha value is -2.11. The Morgan fingerprint density at radius 2 is 1.78 bits per heavy atom. The lowest BCUT2D eigenvalue weighted by molar-refractivity contribution is 0.171. The van der Waals surface area contributed by atoms with Crippen molar-refractivity contribution >= 4 is 23.4 Å². The minimum Gasteiger partial charge on any atom is -0.486 e. The summed E-state index contributed by atoms with van der Waals surface area (Å²) >= 11 is 7.57. The first kappa shape index (κ1) is 14.5. The van der Waals surface area contributed by atoms with Crippen molar-refractivity contribution in [2.24, 2.45) is 0 Å².